The normalized spacial score (nSPS) is 13.9. The lowest BCUT2D eigenvalue weighted by Crippen LogP contribution is -2.33. The third kappa shape index (κ3) is 3.06. The first kappa shape index (κ1) is 15.5. The number of aliphatic hydroxyl groups excluding tert-OH is 1. The van der Waals surface area contributed by atoms with Crippen molar-refractivity contribution >= 4 is 10.9 Å². The van der Waals surface area contributed by atoms with E-state index < -0.39 is 6.10 Å². The molecule has 3 rings (SSSR count). The maximum Gasteiger partial charge on any atom is 0.213 e. The zero-order valence-corrected chi connectivity index (χ0v) is 13.3. The second kappa shape index (κ2) is 6.81. The van der Waals surface area contributed by atoms with Crippen LogP contribution in [0.15, 0.2) is 54.9 Å². The molecule has 0 amide bonds. The molecule has 2 heterocycles. The van der Waals surface area contributed by atoms with Gasteiger partial charge in [-0.05, 0) is 18.7 Å². The van der Waals surface area contributed by atoms with E-state index in [2.05, 4.69) is 14.9 Å². The Morgan fingerprint density at radius 1 is 1.26 bits per heavy atom. The molecule has 0 aliphatic rings. The lowest BCUT2D eigenvalue weighted by Gasteiger charge is -2.26. The van der Waals surface area contributed by atoms with Crippen LogP contribution in [0, 0.1) is 0 Å². The molecule has 2 atom stereocenters. The lowest BCUT2D eigenvalue weighted by molar-refractivity contribution is 0.132. The van der Waals surface area contributed by atoms with Gasteiger partial charge in [0.2, 0.25) is 5.88 Å². The van der Waals surface area contributed by atoms with Crippen LogP contribution in [0.3, 0.4) is 0 Å². The highest BCUT2D eigenvalue weighted by molar-refractivity contribution is 5.80. The zero-order valence-electron chi connectivity index (χ0n) is 13.3. The summed E-state index contributed by atoms with van der Waals surface area (Å²) in [6, 6.07) is 13.8. The Kier molecular flexibility index (Phi) is 4.60. The number of hydrogen-bond acceptors (Lipinski definition) is 4. The van der Waals surface area contributed by atoms with Gasteiger partial charge in [-0.2, -0.15) is 0 Å². The molecule has 2 N–H and O–H groups in total. The molecule has 120 valence electrons. The van der Waals surface area contributed by atoms with Gasteiger partial charge in [-0.15, -0.1) is 0 Å². The second-order valence-corrected chi connectivity index (χ2v) is 5.49. The summed E-state index contributed by atoms with van der Waals surface area (Å²) in [5.41, 5.74) is 2.03. The monoisotopic (exact) mass is 311 g/mol. The molecular formula is C18H21N3O2. The Balaban J connectivity index is 2.09. The maximum atomic E-state index is 10.7. The molecule has 1 aromatic carbocycles. The van der Waals surface area contributed by atoms with Gasteiger partial charge in [0.15, 0.2) is 0 Å². The Hall–Kier alpha value is -2.37. The first-order valence-corrected chi connectivity index (χ1v) is 7.62. The fraction of sp³-hybridized carbons (Fsp3) is 0.278. The number of fused-ring (bicyclic) bond motifs is 1. The number of pyridine rings is 1. The van der Waals surface area contributed by atoms with Crippen LogP contribution in [-0.2, 0) is 0 Å². The van der Waals surface area contributed by atoms with Gasteiger partial charge in [-0.3, -0.25) is 0 Å². The van der Waals surface area contributed by atoms with Crippen LogP contribution >= 0.6 is 0 Å². The van der Waals surface area contributed by atoms with Gasteiger partial charge < -0.3 is 19.7 Å². The average molecular weight is 311 g/mol. The smallest absolute Gasteiger partial charge is 0.213 e. The number of nitrogens with zero attached hydrogens (tertiary/aromatic N) is 2. The predicted molar refractivity (Wildman–Crippen MR) is 90.8 cm³/mol. The van der Waals surface area contributed by atoms with Crippen molar-refractivity contribution in [2.75, 3.05) is 20.7 Å². The molecule has 0 saturated heterocycles. The van der Waals surface area contributed by atoms with Crippen LogP contribution in [0.2, 0.25) is 0 Å². The van der Waals surface area contributed by atoms with E-state index in [1.54, 1.807) is 13.3 Å². The summed E-state index contributed by atoms with van der Waals surface area (Å²) in [5, 5.41) is 14.7. The number of rotatable bonds is 6. The molecule has 3 aromatic rings. The zero-order chi connectivity index (χ0) is 16.2. The summed E-state index contributed by atoms with van der Waals surface area (Å²) in [5.74, 6) is 0.585. The Morgan fingerprint density at radius 2 is 2.04 bits per heavy atom. The third-order valence-corrected chi connectivity index (χ3v) is 4.01. The number of aliphatic hydroxyl groups is 1. The van der Waals surface area contributed by atoms with Crippen LogP contribution < -0.4 is 10.1 Å². The highest BCUT2D eigenvalue weighted by Gasteiger charge is 2.23. The van der Waals surface area contributed by atoms with Gasteiger partial charge in [0.05, 0.1) is 31.0 Å². The number of likely N-dealkylation sites (N-methyl/N-ethyl adjacent to an activating group) is 1. The quantitative estimate of drug-likeness (QED) is 0.733. The lowest BCUT2D eigenvalue weighted by atomic mass is 10.0. The van der Waals surface area contributed by atoms with Crippen molar-refractivity contribution in [2.45, 2.75) is 12.1 Å². The molecular weight excluding hydrogens is 290 g/mol. The Labute approximate surface area is 135 Å². The van der Waals surface area contributed by atoms with E-state index in [1.165, 1.54) is 0 Å². The van der Waals surface area contributed by atoms with Crippen LogP contribution in [0.4, 0.5) is 0 Å². The van der Waals surface area contributed by atoms with Crippen LogP contribution in [0.5, 0.6) is 5.88 Å². The fourth-order valence-corrected chi connectivity index (χ4v) is 2.93. The highest BCUT2D eigenvalue weighted by atomic mass is 16.5. The van der Waals surface area contributed by atoms with E-state index in [-0.39, 0.29) is 6.04 Å². The van der Waals surface area contributed by atoms with E-state index in [0.29, 0.717) is 12.4 Å². The predicted octanol–water partition coefficient (Wildman–Crippen LogP) is 2.21. The molecule has 2 aromatic heterocycles. The van der Waals surface area contributed by atoms with Gasteiger partial charge in [0.25, 0.3) is 0 Å². The van der Waals surface area contributed by atoms with Crippen LogP contribution in [0.25, 0.3) is 10.9 Å². The molecule has 0 fully saturated rings. The fourth-order valence-electron chi connectivity index (χ4n) is 2.93. The molecule has 2 unspecified atom stereocenters. The Bertz CT molecular complexity index is 770. The topological polar surface area (TPSA) is 59.3 Å². The molecule has 23 heavy (non-hydrogen) atoms. The summed E-state index contributed by atoms with van der Waals surface area (Å²) in [6.07, 6.45) is 3.22. The minimum absolute atomic E-state index is 0.184. The average Bonchev–Trinajstić information content (AvgIpc) is 2.99. The van der Waals surface area contributed by atoms with Crippen molar-refractivity contribution < 1.29 is 9.84 Å². The van der Waals surface area contributed by atoms with Gasteiger partial charge >= 0.3 is 0 Å². The number of ether oxygens (including phenoxy) is 1. The standard InChI is InChI=1S/C18H21N3O2/c1-19-12-16(22)18(13-6-4-3-5-7-13)21-9-8-14-10-17(23-2)20-11-15(14)21/h3-11,16,18-19,22H,12H2,1-2H3. The van der Waals surface area contributed by atoms with Crippen LogP contribution in [-0.4, -0.2) is 41.5 Å². The molecule has 0 radical (unpaired) electrons. The number of methoxy groups -OCH3 is 1. The highest BCUT2D eigenvalue weighted by Crippen LogP contribution is 2.28. The van der Waals surface area contributed by atoms with E-state index in [9.17, 15) is 5.11 Å². The molecule has 0 spiro atoms. The van der Waals surface area contributed by atoms with Gasteiger partial charge in [-0.1, -0.05) is 30.3 Å². The van der Waals surface area contributed by atoms with E-state index in [4.69, 9.17) is 4.74 Å². The van der Waals surface area contributed by atoms with E-state index >= 15 is 0 Å². The van der Waals surface area contributed by atoms with Gasteiger partial charge in [0.1, 0.15) is 0 Å². The third-order valence-electron chi connectivity index (χ3n) is 4.01. The molecule has 0 bridgehead atoms. The van der Waals surface area contributed by atoms with E-state index in [1.807, 2.05) is 55.7 Å². The van der Waals surface area contributed by atoms with Crippen molar-refractivity contribution in [3.63, 3.8) is 0 Å². The summed E-state index contributed by atoms with van der Waals surface area (Å²) in [4.78, 5) is 4.30. The summed E-state index contributed by atoms with van der Waals surface area (Å²) >= 11 is 0. The second-order valence-electron chi connectivity index (χ2n) is 5.49. The van der Waals surface area contributed by atoms with Gasteiger partial charge in [0, 0.05) is 24.2 Å². The minimum atomic E-state index is -0.555. The van der Waals surface area contributed by atoms with Crippen molar-refractivity contribution in [1.29, 1.82) is 0 Å². The van der Waals surface area contributed by atoms with Gasteiger partial charge in [-0.25, -0.2) is 4.98 Å². The summed E-state index contributed by atoms with van der Waals surface area (Å²) in [6.45, 7) is 0.503. The van der Waals surface area contributed by atoms with Crippen molar-refractivity contribution in [1.82, 2.24) is 14.9 Å². The van der Waals surface area contributed by atoms with Crippen LogP contribution in [0.1, 0.15) is 11.6 Å². The molecule has 0 aliphatic carbocycles. The Morgan fingerprint density at radius 3 is 2.74 bits per heavy atom. The number of nitrogens with one attached hydrogen (secondary N) is 1. The number of aromatic nitrogens is 2. The largest absolute Gasteiger partial charge is 0.481 e. The molecule has 5 heteroatoms. The number of hydrogen-bond donors (Lipinski definition) is 2. The maximum absolute atomic E-state index is 10.7. The van der Waals surface area contributed by atoms with Crippen molar-refractivity contribution in [3.8, 4) is 5.88 Å². The first-order chi connectivity index (χ1) is 11.2. The van der Waals surface area contributed by atoms with E-state index in [0.717, 1.165) is 16.5 Å². The van der Waals surface area contributed by atoms with Crippen molar-refractivity contribution in [3.05, 3.63) is 60.4 Å². The number of benzene rings is 1. The minimum Gasteiger partial charge on any atom is -0.481 e. The SMILES string of the molecule is CNCC(O)C(c1ccccc1)n1ccc2cc(OC)ncc21. The molecule has 0 saturated carbocycles. The molecule has 0 aliphatic heterocycles. The summed E-state index contributed by atoms with van der Waals surface area (Å²) in [7, 11) is 3.44. The molecule has 5 nitrogen and oxygen atoms in total. The summed E-state index contributed by atoms with van der Waals surface area (Å²) < 4.78 is 7.25. The first-order valence-electron chi connectivity index (χ1n) is 7.62. The van der Waals surface area contributed by atoms with Crippen molar-refractivity contribution in [2.24, 2.45) is 0 Å².